The van der Waals surface area contributed by atoms with Crippen molar-refractivity contribution in [2.75, 3.05) is 32.8 Å². The lowest BCUT2D eigenvalue weighted by Crippen LogP contribution is -2.48. The molecule has 0 saturated carbocycles. The van der Waals surface area contributed by atoms with Crippen LogP contribution in [0.3, 0.4) is 0 Å². The molecule has 2 aliphatic heterocycles. The molecular weight excluding hydrogens is 208 g/mol. The number of urea groups is 1. The van der Waals surface area contributed by atoms with E-state index in [4.69, 9.17) is 4.74 Å². The molecule has 0 unspecified atom stereocenters. The molecule has 2 heterocycles. The van der Waals surface area contributed by atoms with Crippen LogP contribution in [0, 0.1) is 0 Å². The maximum Gasteiger partial charge on any atom is 0.324 e. The predicted octanol–water partition coefficient (Wildman–Crippen LogP) is 0.640. The number of likely N-dealkylation sites (tertiary alicyclic amines) is 1. The van der Waals surface area contributed by atoms with E-state index >= 15 is 0 Å². The second-order valence-corrected chi connectivity index (χ2v) is 4.08. The molecule has 0 radical (unpaired) electrons. The summed E-state index contributed by atoms with van der Waals surface area (Å²) in [5.41, 5.74) is 0.321. The molecule has 0 N–H and O–H groups in total. The SMILES string of the molecule is O=C=C1COCCN1C(=O)N1CCCCC1. The van der Waals surface area contributed by atoms with Crippen molar-refractivity contribution in [3.63, 3.8) is 0 Å². The zero-order chi connectivity index (χ0) is 11.4. The average molecular weight is 224 g/mol. The number of hydrogen-bond donors (Lipinski definition) is 0. The summed E-state index contributed by atoms with van der Waals surface area (Å²) in [5, 5.41) is 0. The van der Waals surface area contributed by atoms with Gasteiger partial charge in [0.15, 0.2) is 0 Å². The highest BCUT2D eigenvalue weighted by Gasteiger charge is 2.27. The summed E-state index contributed by atoms with van der Waals surface area (Å²) < 4.78 is 5.13. The third-order valence-electron chi connectivity index (χ3n) is 3.00. The summed E-state index contributed by atoms with van der Waals surface area (Å²) >= 11 is 0. The molecule has 2 amide bonds. The van der Waals surface area contributed by atoms with Crippen LogP contribution in [0.5, 0.6) is 0 Å². The molecule has 0 aromatic heterocycles. The molecule has 0 spiro atoms. The quantitative estimate of drug-likeness (QED) is 0.567. The van der Waals surface area contributed by atoms with Crippen molar-refractivity contribution in [1.29, 1.82) is 0 Å². The van der Waals surface area contributed by atoms with Gasteiger partial charge in [0.2, 0.25) is 0 Å². The first kappa shape index (κ1) is 11.2. The number of rotatable bonds is 0. The number of ether oxygens (including phenoxy) is 1. The first-order valence-electron chi connectivity index (χ1n) is 5.71. The zero-order valence-corrected chi connectivity index (χ0v) is 9.28. The summed E-state index contributed by atoms with van der Waals surface area (Å²) in [7, 11) is 0. The van der Waals surface area contributed by atoms with Gasteiger partial charge in [0.25, 0.3) is 0 Å². The Hall–Kier alpha value is -1.32. The van der Waals surface area contributed by atoms with Gasteiger partial charge in [0, 0.05) is 13.1 Å². The Bertz CT molecular complexity index is 317. The van der Waals surface area contributed by atoms with Gasteiger partial charge in [-0.1, -0.05) is 0 Å². The van der Waals surface area contributed by atoms with Crippen LogP contribution in [-0.4, -0.2) is 54.6 Å². The van der Waals surface area contributed by atoms with Gasteiger partial charge in [-0.15, -0.1) is 0 Å². The van der Waals surface area contributed by atoms with Gasteiger partial charge in [0.05, 0.1) is 19.8 Å². The molecule has 16 heavy (non-hydrogen) atoms. The number of carbonyl (C=O) groups excluding carboxylic acids is 2. The highest BCUT2D eigenvalue weighted by Crippen LogP contribution is 2.15. The standard InChI is InChI=1S/C11H16N2O3/c14-8-10-9-16-7-6-13(10)11(15)12-4-2-1-3-5-12/h1-7,9H2. The van der Waals surface area contributed by atoms with E-state index < -0.39 is 0 Å². The van der Waals surface area contributed by atoms with E-state index in [2.05, 4.69) is 0 Å². The molecule has 2 saturated heterocycles. The van der Waals surface area contributed by atoms with Crippen LogP contribution < -0.4 is 0 Å². The summed E-state index contributed by atoms with van der Waals surface area (Å²) in [6, 6.07) is -0.0682. The molecule has 0 aliphatic carbocycles. The van der Waals surface area contributed by atoms with Gasteiger partial charge in [-0.25, -0.2) is 9.59 Å². The van der Waals surface area contributed by atoms with Crippen LogP contribution >= 0.6 is 0 Å². The fraction of sp³-hybridized carbons (Fsp3) is 0.727. The van der Waals surface area contributed by atoms with Crippen LogP contribution in [0.15, 0.2) is 5.70 Å². The monoisotopic (exact) mass is 224 g/mol. The lowest BCUT2D eigenvalue weighted by molar-refractivity contribution is 0.0725. The highest BCUT2D eigenvalue weighted by molar-refractivity contribution is 5.79. The van der Waals surface area contributed by atoms with E-state index in [-0.39, 0.29) is 12.6 Å². The molecular formula is C11H16N2O3. The molecule has 88 valence electrons. The van der Waals surface area contributed by atoms with Crippen LogP contribution in [0.4, 0.5) is 4.79 Å². The molecule has 0 atom stereocenters. The Kier molecular flexibility index (Phi) is 3.59. The molecule has 2 rings (SSSR count). The molecule has 2 fully saturated rings. The summed E-state index contributed by atoms with van der Waals surface area (Å²) in [4.78, 5) is 26.1. The minimum atomic E-state index is -0.0682. The summed E-state index contributed by atoms with van der Waals surface area (Å²) in [5.74, 6) is 1.79. The Morgan fingerprint density at radius 3 is 2.62 bits per heavy atom. The Balaban J connectivity index is 2.04. The van der Waals surface area contributed by atoms with E-state index in [1.165, 1.54) is 11.3 Å². The molecule has 0 aromatic carbocycles. The number of hydrogen-bond acceptors (Lipinski definition) is 3. The maximum atomic E-state index is 12.1. The van der Waals surface area contributed by atoms with Gasteiger partial charge < -0.3 is 9.64 Å². The minimum absolute atomic E-state index is 0.0682. The van der Waals surface area contributed by atoms with Crippen molar-refractivity contribution in [3.05, 3.63) is 5.70 Å². The van der Waals surface area contributed by atoms with Crippen molar-refractivity contribution in [3.8, 4) is 0 Å². The fourth-order valence-corrected chi connectivity index (χ4v) is 2.09. The van der Waals surface area contributed by atoms with E-state index in [1.807, 2.05) is 4.90 Å². The first-order chi connectivity index (χ1) is 7.83. The average Bonchev–Trinajstić information content (AvgIpc) is 2.39. The fourth-order valence-electron chi connectivity index (χ4n) is 2.09. The summed E-state index contributed by atoms with van der Waals surface area (Å²) in [6.45, 7) is 2.73. The Morgan fingerprint density at radius 2 is 1.94 bits per heavy atom. The van der Waals surface area contributed by atoms with Crippen molar-refractivity contribution < 1.29 is 14.3 Å². The van der Waals surface area contributed by atoms with E-state index in [1.54, 1.807) is 5.94 Å². The number of amides is 2. The van der Waals surface area contributed by atoms with Gasteiger partial charge in [-0.2, -0.15) is 0 Å². The number of carbonyl (C=O) groups is 1. The number of piperidine rings is 1. The molecule has 0 aromatic rings. The largest absolute Gasteiger partial charge is 0.373 e. The van der Waals surface area contributed by atoms with Gasteiger partial charge >= 0.3 is 6.03 Å². The normalized spacial score (nSPS) is 21.9. The minimum Gasteiger partial charge on any atom is -0.373 e. The highest BCUT2D eigenvalue weighted by atomic mass is 16.5. The first-order valence-corrected chi connectivity index (χ1v) is 5.71. The van der Waals surface area contributed by atoms with Crippen LogP contribution in [0.1, 0.15) is 19.3 Å². The predicted molar refractivity (Wildman–Crippen MR) is 57.6 cm³/mol. The molecule has 5 nitrogen and oxygen atoms in total. The molecule has 2 aliphatic rings. The third kappa shape index (κ3) is 2.26. The summed E-state index contributed by atoms with van der Waals surface area (Å²) in [6.07, 6.45) is 3.29. The van der Waals surface area contributed by atoms with E-state index in [9.17, 15) is 9.59 Å². The van der Waals surface area contributed by atoms with Crippen molar-refractivity contribution in [2.45, 2.75) is 19.3 Å². The van der Waals surface area contributed by atoms with Crippen molar-refractivity contribution in [2.24, 2.45) is 0 Å². The topological polar surface area (TPSA) is 49.9 Å². The second-order valence-electron chi connectivity index (χ2n) is 4.08. The smallest absolute Gasteiger partial charge is 0.324 e. The number of morpholine rings is 1. The lowest BCUT2D eigenvalue weighted by atomic mass is 10.1. The molecule has 5 heteroatoms. The van der Waals surface area contributed by atoms with Gasteiger partial charge in [-0.05, 0) is 19.3 Å². The van der Waals surface area contributed by atoms with Crippen LogP contribution in [-0.2, 0) is 9.53 Å². The Morgan fingerprint density at radius 1 is 1.19 bits per heavy atom. The van der Waals surface area contributed by atoms with E-state index in [0.717, 1.165) is 25.9 Å². The van der Waals surface area contributed by atoms with E-state index in [0.29, 0.717) is 18.8 Å². The molecule has 0 bridgehead atoms. The number of nitrogens with zero attached hydrogens (tertiary/aromatic N) is 2. The van der Waals surface area contributed by atoms with Crippen molar-refractivity contribution in [1.82, 2.24) is 9.80 Å². The van der Waals surface area contributed by atoms with Crippen molar-refractivity contribution >= 4 is 12.0 Å². The Labute approximate surface area is 94.6 Å². The zero-order valence-electron chi connectivity index (χ0n) is 9.28. The maximum absolute atomic E-state index is 12.1. The second kappa shape index (κ2) is 5.14. The van der Waals surface area contributed by atoms with Gasteiger partial charge in [-0.3, -0.25) is 4.90 Å². The van der Waals surface area contributed by atoms with Crippen LogP contribution in [0.2, 0.25) is 0 Å². The van der Waals surface area contributed by atoms with Gasteiger partial charge in [0.1, 0.15) is 11.6 Å². The lowest BCUT2D eigenvalue weighted by Gasteiger charge is -2.34. The third-order valence-corrected chi connectivity index (χ3v) is 3.00. The van der Waals surface area contributed by atoms with Crippen LogP contribution in [0.25, 0.3) is 0 Å².